The van der Waals surface area contributed by atoms with Crippen molar-refractivity contribution in [3.05, 3.63) is 58.0 Å². The Hall–Kier alpha value is -2.63. The molecule has 0 bridgehead atoms. The summed E-state index contributed by atoms with van der Waals surface area (Å²) in [5.41, 5.74) is 1.58. The van der Waals surface area contributed by atoms with Crippen LogP contribution in [0.3, 0.4) is 0 Å². The van der Waals surface area contributed by atoms with E-state index in [2.05, 4.69) is 15.6 Å². The number of hydrogen-bond donors (Lipinski definition) is 2. The molecule has 1 atom stereocenters. The van der Waals surface area contributed by atoms with Crippen molar-refractivity contribution in [2.45, 2.75) is 51.2 Å². The van der Waals surface area contributed by atoms with Gasteiger partial charge in [-0.3, -0.25) is 14.7 Å². The highest BCUT2D eigenvalue weighted by Gasteiger charge is 2.26. The van der Waals surface area contributed by atoms with Gasteiger partial charge in [0.05, 0.1) is 0 Å². The number of guanidine groups is 1. The van der Waals surface area contributed by atoms with Crippen molar-refractivity contribution in [2.24, 2.45) is 4.99 Å². The summed E-state index contributed by atoms with van der Waals surface area (Å²) in [6.07, 6.45) is 5.73. The fourth-order valence-electron chi connectivity index (χ4n) is 3.61. The Morgan fingerprint density at radius 3 is 2.68 bits per heavy atom. The lowest BCUT2D eigenvalue weighted by Gasteiger charge is -2.30. The van der Waals surface area contributed by atoms with Gasteiger partial charge in [0, 0.05) is 17.8 Å². The topological polar surface area (TPSA) is 71.3 Å². The van der Waals surface area contributed by atoms with Crippen LogP contribution in [0.2, 0.25) is 0 Å². The first kappa shape index (κ1) is 15.9. The van der Waals surface area contributed by atoms with Crippen molar-refractivity contribution in [2.75, 3.05) is 5.32 Å². The van der Waals surface area contributed by atoms with Crippen molar-refractivity contribution in [3.8, 4) is 0 Å². The molecule has 2 N–H and O–H groups in total. The molecule has 0 spiro atoms. The lowest BCUT2D eigenvalue weighted by atomic mass is 9.96. The molecule has 0 radical (unpaired) electrons. The third-order valence-corrected chi connectivity index (χ3v) is 4.85. The van der Waals surface area contributed by atoms with Crippen LogP contribution in [0.25, 0.3) is 0 Å². The molecule has 2 aromatic rings. The molecule has 1 saturated carbocycles. The molecule has 2 heterocycles. The standard InChI is InChI=1S/C19H23N5O/c1-13-12-16(25)24-17(14-8-4-2-5-9-14)22-18(23-19(24)20-13)21-15-10-6-3-7-11-15/h2,4-5,8-9,12,15,17H,3,6-7,10-11H2,1H3,(H2,20,21,22,23)/t17-/m1/s1. The van der Waals surface area contributed by atoms with Gasteiger partial charge >= 0.3 is 0 Å². The molecule has 1 aromatic carbocycles. The zero-order chi connectivity index (χ0) is 17.2. The number of aryl methyl sites for hydroxylation is 1. The second-order valence-corrected chi connectivity index (χ2v) is 6.80. The summed E-state index contributed by atoms with van der Waals surface area (Å²) in [4.78, 5) is 21.9. The summed E-state index contributed by atoms with van der Waals surface area (Å²) >= 11 is 0. The minimum absolute atomic E-state index is 0.0932. The first-order valence-electron chi connectivity index (χ1n) is 8.97. The molecule has 4 rings (SSSR count). The first-order valence-corrected chi connectivity index (χ1v) is 8.97. The SMILES string of the molecule is Cc1cc(=O)n2c(n1)NC(NC1CCCCC1)=N[C@H]2c1ccccc1. The van der Waals surface area contributed by atoms with Gasteiger partial charge in [0.1, 0.15) is 0 Å². The number of fused-ring (bicyclic) bond motifs is 1. The minimum Gasteiger partial charge on any atom is -0.353 e. The molecule has 2 aliphatic rings. The molecule has 130 valence electrons. The average Bonchev–Trinajstić information content (AvgIpc) is 2.62. The van der Waals surface area contributed by atoms with Gasteiger partial charge in [-0.25, -0.2) is 9.98 Å². The molecule has 1 aromatic heterocycles. The fourth-order valence-corrected chi connectivity index (χ4v) is 3.61. The van der Waals surface area contributed by atoms with E-state index >= 15 is 0 Å². The lowest BCUT2D eigenvalue weighted by molar-refractivity contribution is 0.410. The Morgan fingerprint density at radius 2 is 1.92 bits per heavy atom. The summed E-state index contributed by atoms with van der Waals surface area (Å²) in [5.74, 6) is 1.26. The normalized spacial score (nSPS) is 20.4. The predicted molar refractivity (Wildman–Crippen MR) is 98.9 cm³/mol. The van der Waals surface area contributed by atoms with Gasteiger partial charge < -0.3 is 5.32 Å². The Balaban J connectivity index is 1.72. The van der Waals surface area contributed by atoms with E-state index < -0.39 is 6.17 Å². The van der Waals surface area contributed by atoms with E-state index in [9.17, 15) is 4.79 Å². The maximum absolute atomic E-state index is 12.6. The summed E-state index contributed by atoms with van der Waals surface area (Å²) < 4.78 is 1.62. The maximum Gasteiger partial charge on any atom is 0.257 e. The van der Waals surface area contributed by atoms with Crippen LogP contribution in [0.4, 0.5) is 5.95 Å². The summed E-state index contributed by atoms with van der Waals surface area (Å²) in [7, 11) is 0. The number of anilines is 1. The highest BCUT2D eigenvalue weighted by Crippen LogP contribution is 2.25. The van der Waals surface area contributed by atoms with Crippen molar-refractivity contribution in [3.63, 3.8) is 0 Å². The zero-order valence-electron chi connectivity index (χ0n) is 14.4. The molecule has 25 heavy (non-hydrogen) atoms. The number of nitrogens with zero attached hydrogens (tertiary/aromatic N) is 3. The fraction of sp³-hybridized carbons (Fsp3) is 0.421. The van der Waals surface area contributed by atoms with Crippen molar-refractivity contribution in [1.29, 1.82) is 0 Å². The monoisotopic (exact) mass is 337 g/mol. The van der Waals surface area contributed by atoms with Crippen LogP contribution in [0.1, 0.15) is 49.5 Å². The summed E-state index contributed by atoms with van der Waals surface area (Å²) in [6, 6.07) is 11.9. The molecule has 1 aliphatic heterocycles. The number of aromatic nitrogens is 2. The summed E-state index contributed by atoms with van der Waals surface area (Å²) in [5, 5.41) is 6.74. The maximum atomic E-state index is 12.6. The molecule has 0 saturated heterocycles. The van der Waals surface area contributed by atoms with Crippen LogP contribution < -0.4 is 16.2 Å². The molecular formula is C19H23N5O. The van der Waals surface area contributed by atoms with Crippen molar-refractivity contribution < 1.29 is 0 Å². The Bertz CT molecular complexity index is 837. The average molecular weight is 337 g/mol. The van der Waals surface area contributed by atoms with Crippen molar-refractivity contribution in [1.82, 2.24) is 14.9 Å². The molecule has 6 heteroatoms. The molecule has 6 nitrogen and oxygen atoms in total. The molecular weight excluding hydrogens is 314 g/mol. The third kappa shape index (κ3) is 3.29. The van der Waals surface area contributed by atoms with Gasteiger partial charge in [0.15, 0.2) is 6.17 Å². The predicted octanol–water partition coefficient (Wildman–Crippen LogP) is 2.80. The van der Waals surface area contributed by atoms with E-state index in [0.717, 1.165) is 18.4 Å². The highest BCUT2D eigenvalue weighted by atomic mass is 16.1. The number of nitrogens with one attached hydrogen (secondary N) is 2. The van der Waals surface area contributed by atoms with Crippen LogP contribution in [-0.2, 0) is 0 Å². The lowest BCUT2D eigenvalue weighted by Crippen LogP contribution is -2.45. The second kappa shape index (κ2) is 6.70. The molecule has 0 unspecified atom stereocenters. The summed E-state index contributed by atoms with van der Waals surface area (Å²) in [6.45, 7) is 1.83. The van der Waals surface area contributed by atoms with Gasteiger partial charge in [-0.1, -0.05) is 49.6 Å². The first-order chi connectivity index (χ1) is 12.2. The largest absolute Gasteiger partial charge is 0.353 e. The second-order valence-electron chi connectivity index (χ2n) is 6.80. The van der Waals surface area contributed by atoms with Gasteiger partial charge in [-0.2, -0.15) is 0 Å². The van der Waals surface area contributed by atoms with E-state index in [-0.39, 0.29) is 5.56 Å². The number of rotatable bonds is 2. The quantitative estimate of drug-likeness (QED) is 0.884. The van der Waals surface area contributed by atoms with Gasteiger partial charge in [0.25, 0.3) is 5.56 Å². The molecule has 1 aliphatic carbocycles. The van der Waals surface area contributed by atoms with Crippen LogP contribution in [0, 0.1) is 6.92 Å². The van der Waals surface area contributed by atoms with E-state index in [1.807, 2.05) is 37.3 Å². The number of aliphatic imine (C=N–C) groups is 1. The number of benzene rings is 1. The zero-order valence-corrected chi connectivity index (χ0v) is 14.4. The van der Waals surface area contributed by atoms with Crippen LogP contribution in [0.5, 0.6) is 0 Å². The smallest absolute Gasteiger partial charge is 0.257 e. The van der Waals surface area contributed by atoms with Crippen LogP contribution in [-0.4, -0.2) is 21.6 Å². The van der Waals surface area contributed by atoms with E-state index in [1.54, 1.807) is 10.6 Å². The van der Waals surface area contributed by atoms with Gasteiger partial charge in [0.2, 0.25) is 11.9 Å². The molecule has 0 amide bonds. The Labute approximate surface area is 147 Å². The highest BCUT2D eigenvalue weighted by molar-refractivity contribution is 5.93. The van der Waals surface area contributed by atoms with Crippen LogP contribution >= 0.6 is 0 Å². The Morgan fingerprint density at radius 1 is 1.16 bits per heavy atom. The van der Waals surface area contributed by atoms with Gasteiger partial charge in [-0.05, 0) is 25.3 Å². The van der Waals surface area contributed by atoms with E-state index in [0.29, 0.717) is 23.6 Å². The minimum atomic E-state index is -0.399. The Kier molecular flexibility index (Phi) is 4.26. The van der Waals surface area contributed by atoms with Crippen LogP contribution in [0.15, 0.2) is 46.2 Å². The van der Waals surface area contributed by atoms with E-state index in [4.69, 9.17) is 4.99 Å². The van der Waals surface area contributed by atoms with E-state index in [1.165, 1.54) is 19.3 Å². The van der Waals surface area contributed by atoms with Crippen molar-refractivity contribution >= 4 is 11.9 Å². The van der Waals surface area contributed by atoms with Gasteiger partial charge in [-0.15, -0.1) is 0 Å². The number of hydrogen-bond acceptors (Lipinski definition) is 5. The molecule has 1 fully saturated rings. The third-order valence-electron chi connectivity index (χ3n) is 4.85.